The van der Waals surface area contributed by atoms with Crippen LogP contribution in [0, 0.1) is 0 Å². The fourth-order valence-corrected chi connectivity index (χ4v) is 3.77. The summed E-state index contributed by atoms with van der Waals surface area (Å²) in [4.78, 5) is 14.3. The summed E-state index contributed by atoms with van der Waals surface area (Å²) in [6, 6.07) is 23.9. The van der Waals surface area contributed by atoms with Crippen molar-refractivity contribution in [3.63, 3.8) is 0 Å². The molecule has 2 aromatic carbocycles. The lowest BCUT2D eigenvalue weighted by atomic mass is 9.78. The minimum Gasteiger partial charge on any atom is -0.486 e. The monoisotopic (exact) mass is 443 g/mol. The van der Waals surface area contributed by atoms with Crippen molar-refractivity contribution in [3.05, 3.63) is 107 Å². The molecule has 6 heteroatoms. The Morgan fingerprint density at radius 3 is 2.36 bits per heavy atom. The molecule has 0 aliphatic heterocycles. The second kappa shape index (κ2) is 9.36. The SMILES string of the molecule is CN(Cc1ccnn1C)C(=O)c1ccc(COc2ccc(C(C)(C)c3ccccc3)cc2)o1. The van der Waals surface area contributed by atoms with Crippen molar-refractivity contribution in [2.24, 2.45) is 7.05 Å². The molecule has 0 spiro atoms. The summed E-state index contributed by atoms with van der Waals surface area (Å²) in [5, 5.41) is 4.13. The highest BCUT2D eigenvalue weighted by atomic mass is 16.5. The lowest BCUT2D eigenvalue weighted by Crippen LogP contribution is -2.26. The number of carbonyl (C=O) groups is 1. The van der Waals surface area contributed by atoms with Gasteiger partial charge < -0.3 is 14.1 Å². The third-order valence-corrected chi connectivity index (χ3v) is 5.99. The van der Waals surface area contributed by atoms with Crippen LogP contribution in [-0.2, 0) is 25.6 Å². The molecule has 1 amide bonds. The molecule has 0 atom stereocenters. The molecule has 0 bridgehead atoms. The van der Waals surface area contributed by atoms with Crippen LogP contribution in [0.5, 0.6) is 5.75 Å². The Morgan fingerprint density at radius 2 is 1.70 bits per heavy atom. The van der Waals surface area contributed by atoms with Gasteiger partial charge in [0.25, 0.3) is 5.91 Å². The molecule has 2 heterocycles. The van der Waals surface area contributed by atoms with Crippen molar-refractivity contribution in [2.75, 3.05) is 7.05 Å². The summed E-state index contributed by atoms with van der Waals surface area (Å²) >= 11 is 0. The Morgan fingerprint density at radius 1 is 1.00 bits per heavy atom. The van der Waals surface area contributed by atoms with E-state index in [4.69, 9.17) is 9.15 Å². The fraction of sp³-hybridized carbons (Fsp3) is 0.259. The molecule has 0 aliphatic rings. The summed E-state index contributed by atoms with van der Waals surface area (Å²) in [5.74, 6) is 1.45. The van der Waals surface area contributed by atoms with E-state index in [1.165, 1.54) is 11.1 Å². The average molecular weight is 444 g/mol. The second-order valence-corrected chi connectivity index (χ2v) is 8.68. The molecule has 4 rings (SSSR count). The minimum absolute atomic E-state index is 0.0996. The maximum atomic E-state index is 12.7. The number of nitrogens with zero attached hydrogens (tertiary/aromatic N) is 3. The number of furan rings is 1. The topological polar surface area (TPSA) is 60.5 Å². The van der Waals surface area contributed by atoms with Crippen LogP contribution < -0.4 is 4.74 Å². The van der Waals surface area contributed by atoms with E-state index < -0.39 is 0 Å². The molecule has 0 unspecified atom stereocenters. The van der Waals surface area contributed by atoms with Gasteiger partial charge in [0, 0.05) is 25.7 Å². The van der Waals surface area contributed by atoms with Gasteiger partial charge in [0.1, 0.15) is 18.1 Å². The summed E-state index contributed by atoms with van der Waals surface area (Å²) < 4.78 is 13.4. The number of benzene rings is 2. The first-order valence-electron chi connectivity index (χ1n) is 10.9. The second-order valence-electron chi connectivity index (χ2n) is 8.68. The fourth-order valence-electron chi connectivity index (χ4n) is 3.77. The van der Waals surface area contributed by atoms with E-state index in [9.17, 15) is 4.79 Å². The number of rotatable bonds is 8. The number of hydrogen-bond acceptors (Lipinski definition) is 4. The molecule has 6 nitrogen and oxygen atoms in total. The number of carbonyl (C=O) groups excluding carboxylic acids is 1. The Bertz CT molecular complexity index is 1210. The zero-order valence-electron chi connectivity index (χ0n) is 19.5. The Hall–Kier alpha value is -3.80. The molecule has 0 fully saturated rings. The van der Waals surface area contributed by atoms with E-state index in [0.717, 1.165) is 11.4 Å². The highest BCUT2D eigenvalue weighted by molar-refractivity contribution is 5.91. The lowest BCUT2D eigenvalue weighted by molar-refractivity contribution is 0.0746. The van der Waals surface area contributed by atoms with Gasteiger partial charge in [-0.15, -0.1) is 0 Å². The first kappa shape index (κ1) is 22.4. The number of ether oxygens (including phenoxy) is 1. The zero-order valence-corrected chi connectivity index (χ0v) is 19.5. The summed E-state index contributed by atoms with van der Waals surface area (Å²) in [5.41, 5.74) is 3.32. The Labute approximate surface area is 194 Å². The smallest absolute Gasteiger partial charge is 0.289 e. The van der Waals surface area contributed by atoms with E-state index in [2.05, 4.69) is 55.3 Å². The Balaban J connectivity index is 1.35. The third-order valence-electron chi connectivity index (χ3n) is 5.99. The van der Waals surface area contributed by atoms with Gasteiger partial charge in [0.05, 0.1) is 12.2 Å². The van der Waals surface area contributed by atoms with Crippen LogP contribution >= 0.6 is 0 Å². The number of amides is 1. The molecular weight excluding hydrogens is 414 g/mol. The third kappa shape index (κ3) is 5.00. The van der Waals surface area contributed by atoms with Crippen molar-refractivity contribution in [3.8, 4) is 5.75 Å². The maximum absolute atomic E-state index is 12.7. The van der Waals surface area contributed by atoms with Crippen LogP contribution in [-0.4, -0.2) is 27.6 Å². The van der Waals surface area contributed by atoms with Gasteiger partial charge >= 0.3 is 0 Å². The molecule has 2 aromatic heterocycles. The summed E-state index contributed by atoms with van der Waals surface area (Å²) in [6.45, 7) is 5.13. The van der Waals surface area contributed by atoms with Gasteiger partial charge in [-0.2, -0.15) is 5.10 Å². The van der Waals surface area contributed by atoms with Crippen LogP contribution in [0.4, 0.5) is 0 Å². The zero-order chi connectivity index (χ0) is 23.4. The average Bonchev–Trinajstić information content (AvgIpc) is 3.47. The van der Waals surface area contributed by atoms with Crippen molar-refractivity contribution < 1.29 is 13.9 Å². The molecule has 170 valence electrons. The van der Waals surface area contributed by atoms with Crippen molar-refractivity contribution in [1.82, 2.24) is 14.7 Å². The molecule has 0 radical (unpaired) electrons. The summed E-state index contributed by atoms with van der Waals surface area (Å²) in [6.07, 6.45) is 1.71. The van der Waals surface area contributed by atoms with Gasteiger partial charge in [0.2, 0.25) is 0 Å². The van der Waals surface area contributed by atoms with E-state index in [1.54, 1.807) is 35.0 Å². The summed E-state index contributed by atoms with van der Waals surface area (Å²) in [7, 11) is 3.59. The highest BCUT2D eigenvalue weighted by Gasteiger charge is 2.23. The maximum Gasteiger partial charge on any atom is 0.289 e. The van der Waals surface area contributed by atoms with Gasteiger partial charge in [-0.1, -0.05) is 56.3 Å². The molecule has 4 aromatic rings. The molecule has 0 saturated heterocycles. The van der Waals surface area contributed by atoms with Gasteiger partial charge in [0.15, 0.2) is 5.76 Å². The van der Waals surface area contributed by atoms with Crippen molar-refractivity contribution >= 4 is 5.91 Å². The molecule has 0 aliphatic carbocycles. The van der Waals surface area contributed by atoms with E-state index in [-0.39, 0.29) is 17.9 Å². The number of hydrogen-bond donors (Lipinski definition) is 0. The first-order valence-corrected chi connectivity index (χ1v) is 10.9. The predicted molar refractivity (Wildman–Crippen MR) is 127 cm³/mol. The van der Waals surface area contributed by atoms with E-state index in [0.29, 0.717) is 18.1 Å². The Kier molecular flexibility index (Phi) is 6.36. The van der Waals surface area contributed by atoms with Crippen LogP contribution in [0.3, 0.4) is 0 Å². The van der Waals surface area contributed by atoms with Gasteiger partial charge in [-0.25, -0.2) is 0 Å². The van der Waals surface area contributed by atoms with E-state index in [1.807, 2.05) is 31.3 Å². The normalized spacial score (nSPS) is 11.4. The number of aromatic nitrogens is 2. The quantitative estimate of drug-likeness (QED) is 0.376. The predicted octanol–water partition coefficient (Wildman–Crippen LogP) is 5.19. The van der Waals surface area contributed by atoms with Crippen LogP contribution in [0.15, 0.2) is 83.4 Å². The van der Waals surface area contributed by atoms with Crippen molar-refractivity contribution in [2.45, 2.75) is 32.4 Å². The standard InChI is InChI=1S/C27H29N3O3/c1-27(2,20-8-6-5-7-9-20)21-10-12-23(13-11-21)32-19-24-14-15-25(33-24)26(31)29(3)18-22-16-17-28-30(22)4/h5-17H,18-19H2,1-4H3. The largest absolute Gasteiger partial charge is 0.486 e. The van der Waals surface area contributed by atoms with Crippen LogP contribution in [0.2, 0.25) is 0 Å². The molecule has 0 N–H and O–H groups in total. The lowest BCUT2D eigenvalue weighted by Gasteiger charge is -2.26. The van der Waals surface area contributed by atoms with Gasteiger partial charge in [-0.05, 0) is 41.5 Å². The molecular formula is C27H29N3O3. The van der Waals surface area contributed by atoms with Crippen molar-refractivity contribution in [1.29, 1.82) is 0 Å². The number of aryl methyl sites for hydroxylation is 1. The highest BCUT2D eigenvalue weighted by Crippen LogP contribution is 2.32. The van der Waals surface area contributed by atoms with Crippen LogP contribution in [0.1, 0.15) is 47.0 Å². The molecule has 0 saturated carbocycles. The van der Waals surface area contributed by atoms with Gasteiger partial charge in [-0.3, -0.25) is 9.48 Å². The van der Waals surface area contributed by atoms with E-state index >= 15 is 0 Å². The molecule has 33 heavy (non-hydrogen) atoms. The minimum atomic E-state index is -0.185. The first-order chi connectivity index (χ1) is 15.8. The van der Waals surface area contributed by atoms with Crippen LogP contribution in [0.25, 0.3) is 0 Å².